The standard InChI is InChI=1S/C19H19N7O/c1-2-19-6-3-10-26(19)16-14(23-17(19)27)12-22-18(24-16)25-11-9-21-15(25)13-4-7-20-8-5-13/h4-5,7-9,11-12H,2-3,6,10H2,1H3,(H,23,27)/t19-/m0/s1. The third-order valence-electron chi connectivity index (χ3n) is 5.55. The molecule has 0 spiro atoms. The van der Waals surface area contributed by atoms with Gasteiger partial charge in [-0.25, -0.2) is 9.97 Å². The second-order valence-corrected chi connectivity index (χ2v) is 6.86. The largest absolute Gasteiger partial charge is 0.340 e. The highest BCUT2D eigenvalue weighted by Crippen LogP contribution is 2.43. The highest BCUT2D eigenvalue weighted by Gasteiger charge is 2.50. The van der Waals surface area contributed by atoms with Gasteiger partial charge in [0.2, 0.25) is 11.9 Å². The average Bonchev–Trinajstić information content (AvgIpc) is 3.37. The number of carbonyl (C=O) groups is 1. The van der Waals surface area contributed by atoms with Crippen molar-refractivity contribution in [3.63, 3.8) is 0 Å². The molecule has 1 fully saturated rings. The quantitative estimate of drug-likeness (QED) is 0.771. The minimum atomic E-state index is -0.499. The molecule has 5 rings (SSSR count). The molecule has 8 nitrogen and oxygen atoms in total. The number of rotatable bonds is 3. The van der Waals surface area contributed by atoms with Gasteiger partial charge < -0.3 is 10.2 Å². The molecule has 2 aliphatic rings. The van der Waals surface area contributed by atoms with Crippen molar-refractivity contribution in [3.05, 3.63) is 43.1 Å². The summed E-state index contributed by atoms with van der Waals surface area (Å²) in [5.74, 6) is 2.12. The molecular formula is C19H19N7O. The van der Waals surface area contributed by atoms with Crippen molar-refractivity contribution < 1.29 is 4.79 Å². The molecule has 1 saturated heterocycles. The molecule has 1 N–H and O–H groups in total. The van der Waals surface area contributed by atoms with Gasteiger partial charge in [0.15, 0.2) is 5.82 Å². The van der Waals surface area contributed by atoms with Crippen LogP contribution in [0.2, 0.25) is 0 Å². The van der Waals surface area contributed by atoms with Crippen LogP contribution in [0, 0.1) is 0 Å². The van der Waals surface area contributed by atoms with Gasteiger partial charge in [0, 0.05) is 36.9 Å². The smallest absolute Gasteiger partial charge is 0.250 e. The summed E-state index contributed by atoms with van der Waals surface area (Å²) in [6.07, 6.45) is 11.3. The summed E-state index contributed by atoms with van der Waals surface area (Å²) in [6, 6.07) is 3.81. The molecular weight excluding hydrogens is 342 g/mol. The van der Waals surface area contributed by atoms with Crippen LogP contribution in [0.25, 0.3) is 17.3 Å². The summed E-state index contributed by atoms with van der Waals surface area (Å²) in [7, 11) is 0. The molecule has 3 aromatic rings. The zero-order valence-corrected chi connectivity index (χ0v) is 15.0. The third-order valence-corrected chi connectivity index (χ3v) is 5.55. The van der Waals surface area contributed by atoms with E-state index in [0.29, 0.717) is 11.6 Å². The summed E-state index contributed by atoms with van der Waals surface area (Å²) in [4.78, 5) is 32.7. The molecule has 0 saturated carbocycles. The van der Waals surface area contributed by atoms with Crippen LogP contribution in [0.5, 0.6) is 0 Å². The van der Waals surface area contributed by atoms with Gasteiger partial charge in [-0.3, -0.25) is 14.3 Å². The zero-order valence-electron chi connectivity index (χ0n) is 15.0. The van der Waals surface area contributed by atoms with Crippen molar-refractivity contribution in [2.75, 3.05) is 16.8 Å². The first-order valence-electron chi connectivity index (χ1n) is 9.13. The van der Waals surface area contributed by atoms with Gasteiger partial charge in [-0.1, -0.05) is 6.92 Å². The van der Waals surface area contributed by atoms with Gasteiger partial charge >= 0.3 is 0 Å². The van der Waals surface area contributed by atoms with E-state index in [1.807, 2.05) is 22.9 Å². The van der Waals surface area contributed by atoms with Crippen LogP contribution in [-0.4, -0.2) is 42.5 Å². The topological polar surface area (TPSA) is 88.8 Å². The number of fused-ring (bicyclic) bond motifs is 3. The van der Waals surface area contributed by atoms with Crippen LogP contribution in [0.4, 0.5) is 11.5 Å². The number of aromatic nitrogens is 5. The van der Waals surface area contributed by atoms with E-state index in [1.54, 1.807) is 24.8 Å². The second kappa shape index (κ2) is 5.87. The van der Waals surface area contributed by atoms with E-state index in [0.717, 1.165) is 43.0 Å². The fourth-order valence-corrected chi connectivity index (χ4v) is 4.14. The van der Waals surface area contributed by atoms with Crippen LogP contribution in [0.15, 0.2) is 43.1 Å². The Morgan fingerprint density at radius 2 is 2.07 bits per heavy atom. The number of nitrogens with one attached hydrogen (secondary N) is 1. The minimum absolute atomic E-state index is 0.0476. The number of imidazole rings is 1. The van der Waals surface area contributed by atoms with E-state index in [9.17, 15) is 4.79 Å². The van der Waals surface area contributed by atoms with Gasteiger partial charge in [0.25, 0.3) is 0 Å². The van der Waals surface area contributed by atoms with Gasteiger partial charge in [0.1, 0.15) is 17.1 Å². The Kier molecular flexibility index (Phi) is 3.46. The summed E-state index contributed by atoms with van der Waals surface area (Å²) >= 11 is 0. The van der Waals surface area contributed by atoms with Gasteiger partial charge in [0.05, 0.1) is 6.20 Å². The lowest BCUT2D eigenvalue weighted by Crippen LogP contribution is -2.56. The molecule has 5 heterocycles. The van der Waals surface area contributed by atoms with E-state index in [4.69, 9.17) is 4.98 Å². The third kappa shape index (κ3) is 2.26. The van der Waals surface area contributed by atoms with Gasteiger partial charge in [-0.15, -0.1) is 0 Å². The van der Waals surface area contributed by atoms with Crippen molar-refractivity contribution in [1.82, 2.24) is 24.5 Å². The molecule has 0 unspecified atom stereocenters. The lowest BCUT2D eigenvalue weighted by atomic mass is 9.90. The van der Waals surface area contributed by atoms with Crippen molar-refractivity contribution in [1.29, 1.82) is 0 Å². The zero-order chi connectivity index (χ0) is 18.4. The molecule has 1 amide bonds. The SMILES string of the molecule is CC[C@@]12CCCN1c1nc(-n3ccnc3-c3ccncc3)ncc1NC2=O. The number of nitrogens with zero attached hydrogens (tertiary/aromatic N) is 6. The summed E-state index contributed by atoms with van der Waals surface area (Å²) in [5.41, 5.74) is 1.11. The number of anilines is 2. The first-order valence-corrected chi connectivity index (χ1v) is 9.13. The molecule has 3 aromatic heterocycles. The Morgan fingerprint density at radius 3 is 2.89 bits per heavy atom. The molecule has 27 heavy (non-hydrogen) atoms. The Labute approximate surface area is 156 Å². The van der Waals surface area contributed by atoms with Crippen LogP contribution in [0.3, 0.4) is 0 Å². The van der Waals surface area contributed by atoms with E-state index in [2.05, 4.69) is 32.1 Å². The van der Waals surface area contributed by atoms with Crippen molar-refractivity contribution in [2.45, 2.75) is 31.7 Å². The Hall–Kier alpha value is -3.29. The normalized spacial score (nSPS) is 20.9. The molecule has 8 heteroatoms. The maximum Gasteiger partial charge on any atom is 0.250 e. The monoisotopic (exact) mass is 361 g/mol. The molecule has 2 aliphatic heterocycles. The number of amides is 1. The number of pyridine rings is 1. The average molecular weight is 361 g/mol. The molecule has 0 bridgehead atoms. The van der Waals surface area contributed by atoms with E-state index in [1.165, 1.54) is 0 Å². The Morgan fingerprint density at radius 1 is 1.22 bits per heavy atom. The summed E-state index contributed by atoms with van der Waals surface area (Å²) < 4.78 is 1.86. The van der Waals surface area contributed by atoms with E-state index < -0.39 is 5.54 Å². The lowest BCUT2D eigenvalue weighted by molar-refractivity contribution is -0.121. The second-order valence-electron chi connectivity index (χ2n) is 6.86. The fourth-order valence-electron chi connectivity index (χ4n) is 4.14. The van der Waals surface area contributed by atoms with Gasteiger partial charge in [-0.2, -0.15) is 4.98 Å². The maximum absolute atomic E-state index is 12.7. The Balaban J connectivity index is 1.62. The van der Waals surface area contributed by atoms with Crippen LogP contribution in [0.1, 0.15) is 26.2 Å². The molecule has 0 radical (unpaired) electrons. The first kappa shape index (κ1) is 15.9. The molecule has 1 atom stereocenters. The van der Waals surface area contributed by atoms with E-state index in [-0.39, 0.29) is 5.91 Å². The van der Waals surface area contributed by atoms with Crippen LogP contribution < -0.4 is 10.2 Å². The van der Waals surface area contributed by atoms with Crippen LogP contribution >= 0.6 is 0 Å². The summed E-state index contributed by atoms with van der Waals surface area (Å²) in [5, 5.41) is 3.00. The molecule has 0 aliphatic carbocycles. The number of carbonyl (C=O) groups excluding carboxylic acids is 1. The van der Waals surface area contributed by atoms with Crippen molar-refractivity contribution >= 4 is 17.4 Å². The van der Waals surface area contributed by atoms with E-state index >= 15 is 0 Å². The van der Waals surface area contributed by atoms with Crippen molar-refractivity contribution in [3.8, 4) is 17.3 Å². The fraction of sp³-hybridized carbons (Fsp3) is 0.316. The van der Waals surface area contributed by atoms with Gasteiger partial charge in [-0.05, 0) is 31.4 Å². The highest BCUT2D eigenvalue weighted by atomic mass is 16.2. The highest BCUT2D eigenvalue weighted by molar-refractivity contribution is 6.06. The van der Waals surface area contributed by atoms with Crippen LogP contribution in [-0.2, 0) is 4.79 Å². The maximum atomic E-state index is 12.7. The molecule has 0 aromatic carbocycles. The first-order chi connectivity index (χ1) is 13.2. The van der Waals surface area contributed by atoms with Crippen molar-refractivity contribution in [2.24, 2.45) is 0 Å². The predicted octanol–water partition coefficient (Wildman–Crippen LogP) is 2.43. The minimum Gasteiger partial charge on any atom is -0.340 e. The lowest BCUT2D eigenvalue weighted by Gasteiger charge is -2.41. The number of hydrogen-bond donors (Lipinski definition) is 1. The predicted molar refractivity (Wildman–Crippen MR) is 101 cm³/mol. The molecule has 136 valence electrons. The number of hydrogen-bond acceptors (Lipinski definition) is 6. The Bertz CT molecular complexity index is 1020. The summed E-state index contributed by atoms with van der Waals surface area (Å²) in [6.45, 7) is 2.88.